The van der Waals surface area contributed by atoms with Crippen molar-refractivity contribution in [2.45, 2.75) is 26.7 Å². The van der Waals surface area contributed by atoms with Crippen molar-refractivity contribution in [2.24, 2.45) is 0 Å². The molecule has 0 aromatic heterocycles. The molecular formula is C14H16O4. The highest BCUT2D eigenvalue weighted by Crippen LogP contribution is 2.16. The summed E-state index contributed by atoms with van der Waals surface area (Å²) in [5, 5.41) is 0. The number of methoxy groups -OCH3 is 1. The summed E-state index contributed by atoms with van der Waals surface area (Å²) in [6.07, 6.45) is 0.630. The normalized spacial score (nSPS) is 9.94. The second-order valence-electron chi connectivity index (χ2n) is 3.81. The molecule has 4 nitrogen and oxygen atoms in total. The summed E-state index contributed by atoms with van der Waals surface area (Å²) >= 11 is 0. The molecule has 0 amide bonds. The zero-order chi connectivity index (χ0) is 13.7. The van der Waals surface area contributed by atoms with Crippen molar-refractivity contribution >= 4 is 17.5 Å². The first-order valence-corrected chi connectivity index (χ1v) is 5.83. The molecule has 0 radical (unpaired) electrons. The Labute approximate surface area is 106 Å². The number of carbonyl (C=O) groups excluding carboxylic acids is 3. The molecule has 0 aliphatic rings. The van der Waals surface area contributed by atoms with Crippen LogP contribution < -0.4 is 0 Å². The minimum Gasteiger partial charge on any atom is -0.465 e. The molecule has 0 atom stereocenters. The van der Waals surface area contributed by atoms with Crippen LogP contribution in [0, 0.1) is 0 Å². The van der Waals surface area contributed by atoms with E-state index in [1.54, 1.807) is 19.9 Å². The van der Waals surface area contributed by atoms with Crippen LogP contribution in [0.3, 0.4) is 0 Å². The van der Waals surface area contributed by atoms with Gasteiger partial charge in [-0.2, -0.15) is 0 Å². The van der Waals surface area contributed by atoms with E-state index in [1.807, 2.05) is 0 Å². The number of rotatable bonds is 5. The highest BCUT2D eigenvalue weighted by molar-refractivity contribution is 6.08. The highest BCUT2D eigenvalue weighted by Gasteiger charge is 2.18. The number of benzene rings is 1. The van der Waals surface area contributed by atoms with E-state index in [0.717, 1.165) is 0 Å². The Morgan fingerprint density at radius 1 is 1.00 bits per heavy atom. The monoisotopic (exact) mass is 248 g/mol. The molecule has 0 bridgehead atoms. The van der Waals surface area contributed by atoms with Gasteiger partial charge in [0.25, 0.3) is 0 Å². The number of hydrogen-bond acceptors (Lipinski definition) is 4. The molecule has 0 saturated carbocycles. The van der Waals surface area contributed by atoms with Gasteiger partial charge in [0.05, 0.1) is 12.7 Å². The van der Waals surface area contributed by atoms with Crippen molar-refractivity contribution in [3.8, 4) is 0 Å². The van der Waals surface area contributed by atoms with Gasteiger partial charge in [0.1, 0.15) is 0 Å². The first-order valence-electron chi connectivity index (χ1n) is 5.83. The van der Waals surface area contributed by atoms with E-state index in [9.17, 15) is 14.4 Å². The summed E-state index contributed by atoms with van der Waals surface area (Å²) in [6, 6.07) is 4.49. The molecule has 0 saturated heterocycles. The molecule has 0 heterocycles. The highest BCUT2D eigenvalue weighted by atomic mass is 16.5. The van der Waals surface area contributed by atoms with E-state index in [2.05, 4.69) is 4.74 Å². The predicted octanol–water partition coefficient (Wildman–Crippen LogP) is 2.66. The van der Waals surface area contributed by atoms with E-state index >= 15 is 0 Å². The summed E-state index contributed by atoms with van der Waals surface area (Å²) in [5.41, 5.74) is 0.905. The molecule has 0 spiro atoms. The van der Waals surface area contributed by atoms with E-state index in [1.165, 1.54) is 19.2 Å². The van der Waals surface area contributed by atoms with Crippen molar-refractivity contribution < 1.29 is 19.1 Å². The number of hydrogen-bond donors (Lipinski definition) is 0. The lowest BCUT2D eigenvalue weighted by Crippen LogP contribution is -2.11. The van der Waals surface area contributed by atoms with E-state index in [-0.39, 0.29) is 29.1 Å². The molecule has 0 fully saturated rings. The van der Waals surface area contributed by atoms with Gasteiger partial charge in [-0.05, 0) is 12.1 Å². The zero-order valence-electron chi connectivity index (χ0n) is 10.8. The van der Waals surface area contributed by atoms with Crippen LogP contribution in [-0.2, 0) is 4.74 Å². The topological polar surface area (TPSA) is 60.4 Å². The van der Waals surface area contributed by atoms with Gasteiger partial charge in [0.2, 0.25) is 0 Å². The maximum Gasteiger partial charge on any atom is 0.338 e. The summed E-state index contributed by atoms with van der Waals surface area (Å²) in [4.78, 5) is 34.9. The Morgan fingerprint density at radius 2 is 1.61 bits per heavy atom. The van der Waals surface area contributed by atoms with Gasteiger partial charge >= 0.3 is 5.97 Å². The quantitative estimate of drug-likeness (QED) is 0.593. The number of esters is 1. The maximum atomic E-state index is 11.8. The Bertz CT molecular complexity index is 489. The van der Waals surface area contributed by atoms with Gasteiger partial charge in [0.15, 0.2) is 11.6 Å². The third-order valence-electron chi connectivity index (χ3n) is 2.69. The van der Waals surface area contributed by atoms with Crippen molar-refractivity contribution in [1.82, 2.24) is 0 Å². The third kappa shape index (κ3) is 2.83. The van der Waals surface area contributed by atoms with Gasteiger partial charge < -0.3 is 4.74 Å². The molecule has 0 N–H and O–H groups in total. The standard InChI is InChI=1S/C14H16O4/c1-4-12(15)9-6-7-10(14(17)18-3)11(8-9)13(16)5-2/h6-8H,4-5H2,1-3H3. The summed E-state index contributed by atoms with van der Waals surface area (Å²) in [7, 11) is 1.26. The Kier molecular flexibility index (Phi) is 4.77. The molecule has 1 aromatic rings. The van der Waals surface area contributed by atoms with Gasteiger partial charge in [-0.15, -0.1) is 0 Å². The van der Waals surface area contributed by atoms with Crippen LogP contribution in [0.1, 0.15) is 57.8 Å². The van der Waals surface area contributed by atoms with E-state index in [0.29, 0.717) is 12.0 Å². The molecule has 0 aliphatic heterocycles. The van der Waals surface area contributed by atoms with Crippen LogP contribution in [0.25, 0.3) is 0 Å². The number of Topliss-reactive ketones (excluding diaryl/α,β-unsaturated/α-hetero) is 2. The van der Waals surface area contributed by atoms with Crippen molar-refractivity contribution in [1.29, 1.82) is 0 Å². The Morgan fingerprint density at radius 3 is 2.11 bits per heavy atom. The fourth-order valence-electron chi connectivity index (χ4n) is 1.63. The van der Waals surface area contributed by atoms with E-state index in [4.69, 9.17) is 0 Å². The lowest BCUT2D eigenvalue weighted by atomic mass is 9.97. The molecule has 1 rings (SSSR count). The third-order valence-corrected chi connectivity index (χ3v) is 2.69. The van der Waals surface area contributed by atoms with Crippen molar-refractivity contribution in [3.05, 3.63) is 34.9 Å². The molecule has 0 unspecified atom stereocenters. The molecule has 1 aromatic carbocycles. The smallest absolute Gasteiger partial charge is 0.338 e. The number of carbonyl (C=O) groups is 3. The number of ether oxygens (including phenoxy) is 1. The van der Waals surface area contributed by atoms with Crippen LogP contribution in [0.5, 0.6) is 0 Å². The molecule has 96 valence electrons. The molecule has 18 heavy (non-hydrogen) atoms. The summed E-state index contributed by atoms with van der Waals surface area (Å²) in [5.74, 6) is -0.806. The van der Waals surface area contributed by atoms with Crippen LogP contribution in [0.15, 0.2) is 18.2 Å². The van der Waals surface area contributed by atoms with Crippen molar-refractivity contribution in [3.63, 3.8) is 0 Å². The molecular weight excluding hydrogens is 232 g/mol. The SMILES string of the molecule is CCC(=O)c1ccc(C(=O)OC)c(C(=O)CC)c1. The zero-order valence-corrected chi connectivity index (χ0v) is 10.8. The first-order chi connectivity index (χ1) is 8.54. The fourth-order valence-corrected chi connectivity index (χ4v) is 1.63. The fraction of sp³-hybridized carbons (Fsp3) is 0.357. The van der Waals surface area contributed by atoms with E-state index < -0.39 is 5.97 Å². The second-order valence-corrected chi connectivity index (χ2v) is 3.81. The van der Waals surface area contributed by atoms with Gasteiger partial charge in [-0.25, -0.2) is 4.79 Å². The minimum atomic E-state index is -0.567. The van der Waals surface area contributed by atoms with Gasteiger partial charge in [-0.1, -0.05) is 19.9 Å². The largest absolute Gasteiger partial charge is 0.465 e. The second kappa shape index (κ2) is 6.10. The Hall–Kier alpha value is -1.97. The maximum absolute atomic E-state index is 11.8. The van der Waals surface area contributed by atoms with Crippen LogP contribution in [0.2, 0.25) is 0 Å². The molecule has 4 heteroatoms. The average Bonchev–Trinajstić information content (AvgIpc) is 2.43. The number of ketones is 2. The van der Waals surface area contributed by atoms with Crippen LogP contribution in [0.4, 0.5) is 0 Å². The van der Waals surface area contributed by atoms with Crippen molar-refractivity contribution in [2.75, 3.05) is 7.11 Å². The van der Waals surface area contributed by atoms with Gasteiger partial charge in [-0.3, -0.25) is 9.59 Å². The van der Waals surface area contributed by atoms with Crippen LogP contribution >= 0.6 is 0 Å². The van der Waals surface area contributed by atoms with Crippen LogP contribution in [-0.4, -0.2) is 24.6 Å². The first kappa shape index (κ1) is 14.1. The lowest BCUT2D eigenvalue weighted by molar-refractivity contribution is 0.0596. The Balaban J connectivity index is 3.33. The van der Waals surface area contributed by atoms with Gasteiger partial charge in [0, 0.05) is 24.0 Å². The minimum absolute atomic E-state index is 0.0587. The lowest BCUT2D eigenvalue weighted by Gasteiger charge is -2.08. The molecule has 0 aliphatic carbocycles. The predicted molar refractivity (Wildman–Crippen MR) is 67.0 cm³/mol. The summed E-state index contributed by atoms with van der Waals surface area (Å²) < 4.78 is 4.62. The average molecular weight is 248 g/mol. The summed E-state index contributed by atoms with van der Waals surface area (Å²) in [6.45, 7) is 3.45.